The zero-order valence-electron chi connectivity index (χ0n) is 11.1. The first-order chi connectivity index (χ1) is 8.67. The number of methoxy groups -OCH3 is 2. The smallest absolute Gasteiger partial charge is 0.310 e. The summed E-state index contributed by atoms with van der Waals surface area (Å²) in [5, 5.41) is 0. The molecular weight excluding hydrogens is 230 g/mol. The van der Waals surface area contributed by atoms with Crippen molar-refractivity contribution in [2.45, 2.75) is 5.92 Å². The number of hydrogen-bond donors (Lipinski definition) is 0. The van der Waals surface area contributed by atoms with Crippen LogP contribution < -0.4 is 4.74 Å². The van der Waals surface area contributed by atoms with Gasteiger partial charge in [0.05, 0.1) is 20.1 Å². The third-order valence-electron chi connectivity index (χ3n) is 3.54. The van der Waals surface area contributed by atoms with E-state index in [2.05, 4.69) is 4.90 Å². The van der Waals surface area contributed by atoms with Crippen molar-refractivity contribution >= 4 is 5.97 Å². The molecule has 0 radical (unpaired) electrons. The van der Waals surface area contributed by atoms with Gasteiger partial charge in [-0.2, -0.15) is 0 Å². The fraction of sp³-hybridized carbons (Fsp3) is 0.500. The average molecular weight is 249 g/mol. The third kappa shape index (κ3) is 2.34. The Hall–Kier alpha value is -1.55. The van der Waals surface area contributed by atoms with Crippen molar-refractivity contribution in [3.8, 4) is 5.75 Å². The average Bonchev–Trinajstić information content (AvgIpc) is 2.79. The summed E-state index contributed by atoms with van der Waals surface area (Å²) >= 11 is 0. The molecule has 2 rings (SSSR count). The summed E-state index contributed by atoms with van der Waals surface area (Å²) in [5.41, 5.74) is 1.08. The van der Waals surface area contributed by atoms with E-state index in [1.54, 1.807) is 7.11 Å². The van der Waals surface area contributed by atoms with Crippen LogP contribution in [0.3, 0.4) is 0 Å². The van der Waals surface area contributed by atoms with Crippen molar-refractivity contribution in [3.05, 3.63) is 29.8 Å². The van der Waals surface area contributed by atoms with Crippen molar-refractivity contribution in [1.29, 1.82) is 0 Å². The van der Waals surface area contributed by atoms with Gasteiger partial charge in [0.1, 0.15) is 5.75 Å². The normalized spacial score (nSPS) is 23.9. The molecule has 0 unspecified atom stereocenters. The van der Waals surface area contributed by atoms with Crippen molar-refractivity contribution in [2.24, 2.45) is 5.92 Å². The van der Waals surface area contributed by atoms with Crippen LogP contribution in [-0.4, -0.2) is 45.2 Å². The molecule has 0 N–H and O–H groups in total. The van der Waals surface area contributed by atoms with Gasteiger partial charge in [-0.25, -0.2) is 0 Å². The lowest BCUT2D eigenvalue weighted by molar-refractivity contribution is -0.145. The predicted molar refractivity (Wildman–Crippen MR) is 68.7 cm³/mol. The van der Waals surface area contributed by atoms with E-state index < -0.39 is 0 Å². The van der Waals surface area contributed by atoms with Crippen molar-refractivity contribution in [2.75, 3.05) is 34.4 Å². The summed E-state index contributed by atoms with van der Waals surface area (Å²) in [5.74, 6) is 0.719. The van der Waals surface area contributed by atoms with Gasteiger partial charge in [0, 0.05) is 19.0 Å². The Labute approximate surface area is 107 Å². The highest BCUT2D eigenvalue weighted by Crippen LogP contribution is 2.37. The van der Waals surface area contributed by atoms with Gasteiger partial charge in [-0.3, -0.25) is 4.79 Å². The Morgan fingerprint density at radius 2 is 2.00 bits per heavy atom. The number of ether oxygens (including phenoxy) is 2. The van der Waals surface area contributed by atoms with E-state index >= 15 is 0 Å². The summed E-state index contributed by atoms with van der Waals surface area (Å²) in [6.07, 6.45) is 0. The van der Waals surface area contributed by atoms with Crippen LogP contribution in [0.2, 0.25) is 0 Å². The van der Waals surface area contributed by atoms with Gasteiger partial charge >= 0.3 is 5.97 Å². The molecule has 1 aromatic rings. The second-order valence-electron chi connectivity index (χ2n) is 4.70. The molecule has 18 heavy (non-hydrogen) atoms. The van der Waals surface area contributed by atoms with Gasteiger partial charge in [0.15, 0.2) is 0 Å². The number of likely N-dealkylation sites (N-methyl/N-ethyl adjacent to an activating group) is 1. The molecule has 0 bridgehead atoms. The maximum Gasteiger partial charge on any atom is 0.310 e. The maximum atomic E-state index is 11.9. The lowest BCUT2D eigenvalue weighted by Crippen LogP contribution is -2.23. The Balaban J connectivity index is 2.32. The Morgan fingerprint density at radius 3 is 2.67 bits per heavy atom. The minimum Gasteiger partial charge on any atom is -0.496 e. The van der Waals surface area contributed by atoms with Gasteiger partial charge in [-0.05, 0) is 18.7 Å². The fourth-order valence-corrected chi connectivity index (χ4v) is 2.68. The molecule has 4 heteroatoms. The van der Waals surface area contributed by atoms with Crippen LogP contribution in [0.4, 0.5) is 0 Å². The van der Waals surface area contributed by atoms with Gasteiger partial charge in [-0.1, -0.05) is 18.2 Å². The quantitative estimate of drug-likeness (QED) is 0.761. The highest BCUT2D eigenvalue weighted by atomic mass is 16.5. The van der Waals surface area contributed by atoms with Crippen molar-refractivity contribution in [3.63, 3.8) is 0 Å². The molecule has 1 fully saturated rings. The van der Waals surface area contributed by atoms with Crippen LogP contribution in [0.15, 0.2) is 24.3 Å². The van der Waals surface area contributed by atoms with Crippen molar-refractivity contribution < 1.29 is 14.3 Å². The van der Waals surface area contributed by atoms with Crippen molar-refractivity contribution in [1.82, 2.24) is 4.90 Å². The summed E-state index contributed by atoms with van der Waals surface area (Å²) in [6, 6.07) is 7.87. The molecule has 0 aromatic heterocycles. The number of benzene rings is 1. The van der Waals surface area contributed by atoms with Crippen LogP contribution >= 0.6 is 0 Å². The van der Waals surface area contributed by atoms with Gasteiger partial charge in [0.2, 0.25) is 0 Å². The van der Waals surface area contributed by atoms with Crippen LogP contribution in [0.1, 0.15) is 11.5 Å². The fourth-order valence-electron chi connectivity index (χ4n) is 2.68. The predicted octanol–water partition coefficient (Wildman–Crippen LogP) is 1.51. The molecule has 4 nitrogen and oxygen atoms in total. The largest absolute Gasteiger partial charge is 0.496 e. The topological polar surface area (TPSA) is 38.8 Å². The summed E-state index contributed by atoms with van der Waals surface area (Å²) < 4.78 is 10.3. The minimum atomic E-state index is -0.143. The molecule has 2 atom stereocenters. The summed E-state index contributed by atoms with van der Waals surface area (Å²) in [4.78, 5) is 14.0. The van der Waals surface area contributed by atoms with E-state index in [-0.39, 0.29) is 17.8 Å². The summed E-state index contributed by atoms with van der Waals surface area (Å²) in [6.45, 7) is 1.58. The minimum absolute atomic E-state index is 0.115. The molecular formula is C14H19NO3. The third-order valence-corrected chi connectivity index (χ3v) is 3.54. The van der Waals surface area contributed by atoms with Crippen LogP contribution in [0.5, 0.6) is 5.75 Å². The number of likely N-dealkylation sites (tertiary alicyclic amines) is 1. The maximum absolute atomic E-state index is 11.9. The molecule has 1 heterocycles. The number of hydrogen-bond acceptors (Lipinski definition) is 4. The van der Waals surface area contributed by atoms with E-state index in [1.165, 1.54) is 7.11 Å². The number of carbonyl (C=O) groups is 1. The van der Waals surface area contributed by atoms with Crippen LogP contribution in [0.25, 0.3) is 0 Å². The van der Waals surface area contributed by atoms with Gasteiger partial charge in [-0.15, -0.1) is 0 Å². The lowest BCUT2D eigenvalue weighted by Gasteiger charge is -2.19. The molecule has 0 aliphatic carbocycles. The second kappa shape index (κ2) is 5.40. The lowest BCUT2D eigenvalue weighted by atomic mass is 9.88. The Morgan fingerprint density at radius 1 is 1.28 bits per heavy atom. The zero-order chi connectivity index (χ0) is 13.1. The first-order valence-electron chi connectivity index (χ1n) is 6.06. The van der Waals surface area contributed by atoms with Crippen LogP contribution in [-0.2, 0) is 9.53 Å². The Kier molecular flexibility index (Phi) is 3.87. The monoisotopic (exact) mass is 249 g/mol. The zero-order valence-corrected chi connectivity index (χ0v) is 11.1. The molecule has 1 aliphatic heterocycles. The molecule has 0 spiro atoms. The SMILES string of the molecule is COC(=O)[C@@H]1CN(C)C[C@@H]1c1ccccc1OC. The van der Waals surface area contributed by atoms with E-state index in [9.17, 15) is 4.79 Å². The number of nitrogens with zero attached hydrogens (tertiary/aromatic N) is 1. The molecule has 1 saturated heterocycles. The molecule has 0 amide bonds. The van der Waals surface area contributed by atoms with E-state index in [0.29, 0.717) is 0 Å². The standard InChI is InChI=1S/C14H19NO3/c1-15-8-11(12(9-15)14(16)18-3)10-6-4-5-7-13(10)17-2/h4-7,11-12H,8-9H2,1-3H3/t11-,12-/m1/s1. The van der Waals surface area contributed by atoms with Gasteiger partial charge in [0.25, 0.3) is 0 Å². The highest BCUT2D eigenvalue weighted by Gasteiger charge is 2.38. The second-order valence-corrected chi connectivity index (χ2v) is 4.70. The number of esters is 1. The molecule has 1 aliphatic rings. The molecule has 1 aromatic carbocycles. The number of rotatable bonds is 3. The van der Waals surface area contributed by atoms with Crippen LogP contribution in [0, 0.1) is 5.92 Å². The summed E-state index contributed by atoms with van der Waals surface area (Å²) in [7, 11) is 5.12. The molecule has 98 valence electrons. The van der Waals surface area contributed by atoms with Gasteiger partial charge < -0.3 is 14.4 Å². The highest BCUT2D eigenvalue weighted by molar-refractivity contribution is 5.74. The van der Waals surface area contributed by atoms with E-state index in [0.717, 1.165) is 24.4 Å². The number of carbonyl (C=O) groups excluding carboxylic acids is 1. The van der Waals surface area contributed by atoms with E-state index in [4.69, 9.17) is 9.47 Å². The molecule has 0 saturated carbocycles. The van der Waals surface area contributed by atoms with E-state index in [1.807, 2.05) is 31.3 Å². The number of para-hydroxylation sites is 1. The Bertz CT molecular complexity index is 433. The first kappa shape index (κ1) is 12.9. The first-order valence-corrected chi connectivity index (χ1v) is 6.06.